The van der Waals surface area contributed by atoms with Crippen LogP contribution >= 0.6 is 0 Å². The molecule has 2 aliphatic rings. The number of furan rings is 1. The fourth-order valence-electron chi connectivity index (χ4n) is 4.60. The normalized spacial score (nSPS) is 21.1. The topological polar surface area (TPSA) is 94.1 Å². The van der Waals surface area contributed by atoms with Gasteiger partial charge in [-0.15, -0.1) is 5.10 Å². The van der Waals surface area contributed by atoms with Gasteiger partial charge in [-0.2, -0.15) is 0 Å². The van der Waals surface area contributed by atoms with Gasteiger partial charge in [0.1, 0.15) is 17.9 Å². The molecule has 2 fully saturated rings. The summed E-state index contributed by atoms with van der Waals surface area (Å²) >= 11 is 0. The minimum absolute atomic E-state index is 0.0219. The van der Waals surface area contributed by atoms with Crippen LogP contribution in [0.1, 0.15) is 19.8 Å². The molecule has 0 radical (unpaired) electrons. The van der Waals surface area contributed by atoms with E-state index in [0.717, 1.165) is 41.9 Å². The van der Waals surface area contributed by atoms with Crippen LogP contribution in [0.15, 0.2) is 47.0 Å². The summed E-state index contributed by atoms with van der Waals surface area (Å²) in [6.07, 6.45) is 3.09. The third kappa shape index (κ3) is 3.68. The molecule has 5 heterocycles. The van der Waals surface area contributed by atoms with Crippen molar-refractivity contribution in [2.75, 3.05) is 31.3 Å². The van der Waals surface area contributed by atoms with Crippen molar-refractivity contribution in [1.82, 2.24) is 19.9 Å². The molecule has 6 rings (SSSR count). The van der Waals surface area contributed by atoms with E-state index < -0.39 is 0 Å². The van der Waals surface area contributed by atoms with Crippen LogP contribution in [-0.2, 0) is 9.53 Å². The summed E-state index contributed by atoms with van der Waals surface area (Å²) in [5.41, 5.74) is 3.42. The van der Waals surface area contributed by atoms with Crippen LogP contribution in [0.5, 0.6) is 5.88 Å². The van der Waals surface area contributed by atoms with E-state index in [-0.39, 0.29) is 11.9 Å². The van der Waals surface area contributed by atoms with E-state index in [1.54, 1.807) is 16.8 Å². The minimum Gasteiger partial charge on any atom is -0.474 e. The lowest BCUT2D eigenvalue weighted by Crippen LogP contribution is -2.43. The number of morpholine rings is 1. The number of carbonyl (C=O) groups is 1. The summed E-state index contributed by atoms with van der Waals surface area (Å²) in [7, 11) is 0. The van der Waals surface area contributed by atoms with Gasteiger partial charge in [-0.25, -0.2) is 9.50 Å². The highest BCUT2D eigenvalue weighted by molar-refractivity contribution is 5.94. The molecule has 1 N–H and O–H groups in total. The number of fused-ring (bicyclic) bond motifs is 2. The number of anilines is 1. The van der Waals surface area contributed by atoms with Crippen LogP contribution in [0.3, 0.4) is 0 Å². The van der Waals surface area contributed by atoms with E-state index in [9.17, 15) is 4.79 Å². The Balaban J connectivity index is 1.32. The van der Waals surface area contributed by atoms with Crippen molar-refractivity contribution in [1.29, 1.82) is 0 Å². The van der Waals surface area contributed by atoms with Gasteiger partial charge in [0.15, 0.2) is 11.4 Å². The fraction of sp³-hybridized carbons (Fsp3) is 0.375. The highest BCUT2D eigenvalue weighted by atomic mass is 16.5. The number of benzene rings is 1. The average Bonchev–Trinajstić information content (AvgIpc) is 3.55. The zero-order valence-corrected chi connectivity index (χ0v) is 18.4. The maximum Gasteiger partial charge on any atom is 0.231 e. The molecule has 2 aliphatic heterocycles. The van der Waals surface area contributed by atoms with Crippen LogP contribution < -0.4 is 15.0 Å². The largest absolute Gasteiger partial charge is 0.474 e. The van der Waals surface area contributed by atoms with E-state index in [1.165, 1.54) is 0 Å². The number of carbonyl (C=O) groups excluding carboxylic acids is 1. The van der Waals surface area contributed by atoms with E-state index in [1.807, 2.05) is 18.2 Å². The summed E-state index contributed by atoms with van der Waals surface area (Å²) in [5, 5.41) is 8.58. The summed E-state index contributed by atoms with van der Waals surface area (Å²) in [6.45, 7) is 4.84. The average molecular weight is 447 g/mol. The Hall–Kier alpha value is -3.59. The number of nitrogens with zero attached hydrogens (tertiary/aromatic N) is 4. The van der Waals surface area contributed by atoms with E-state index in [2.05, 4.69) is 39.4 Å². The molecule has 0 aliphatic carbocycles. The molecule has 0 bridgehead atoms. The Morgan fingerprint density at radius 1 is 1.27 bits per heavy atom. The Kier molecular flexibility index (Phi) is 4.91. The molecule has 9 nitrogen and oxygen atoms in total. The maximum absolute atomic E-state index is 11.4. The van der Waals surface area contributed by atoms with Crippen molar-refractivity contribution in [3.05, 3.63) is 42.6 Å². The Morgan fingerprint density at radius 2 is 2.21 bits per heavy atom. The zero-order valence-electron chi connectivity index (χ0n) is 18.4. The van der Waals surface area contributed by atoms with E-state index in [4.69, 9.17) is 13.9 Å². The first-order chi connectivity index (χ1) is 16.2. The molecule has 4 aromatic rings. The third-order valence-corrected chi connectivity index (χ3v) is 6.32. The number of ether oxygens (including phenoxy) is 2. The maximum atomic E-state index is 11.4. The van der Waals surface area contributed by atoms with Crippen LogP contribution in [0.4, 0.5) is 5.69 Å². The van der Waals surface area contributed by atoms with E-state index >= 15 is 0 Å². The summed E-state index contributed by atoms with van der Waals surface area (Å²) in [6, 6.07) is 12.2. The summed E-state index contributed by atoms with van der Waals surface area (Å²) in [5.74, 6) is 1.24. The monoisotopic (exact) mass is 447 g/mol. The van der Waals surface area contributed by atoms with Gasteiger partial charge in [0.05, 0.1) is 25.5 Å². The zero-order chi connectivity index (χ0) is 22.4. The Bertz CT molecular complexity index is 1330. The number of amides is 1. The Morgan fingerprint density at radius 3 is 3.06 bits per heavy atom. The number of hydrogen-bond donors (Lipinski definition) is 1. The van der Waals surface area contributed by atoms with Gasteiger partial charge in [-0.3, -0.25) is 4.79 Å². The van der Waals surface area contributed by atoms with Crippen LogP contribution in [0.2, 0.25) is 0 Å². The summed E-state index contributed by atoms with van der Waals surface area (Å²) < 4.78 is 19.4. The van der Waals surface area contributed by atoms with Crippen molar-refractivity contribution >= 4 is 28.2 Å². The molecule has 2 saturated heterocycles. The number of aromatic nitrogens is 3. The van der Waals surface area contributed by atoms with Crippen LogP contribution in [0.25, 0.3) is 28.1 Å². The van der Waals surface area contributed by atoms with Crippen molar-refractivity contribution < 1.29 is 18.7 Å². The lowest BCUT2D eigenvalue weighted by Gasteiger charge is -2.35. The number of hydrogen-bond acceptors (Lipinski definition) is 7. The van der Waals surface area contributed by atoms with Gasteiger partial charge in [0.2, 0.25) is 11.8 Å². The first-order valence-corrected chi connectivity index (χ1v) is 11.3. The van der Waals surface area contributed by atoms with Gasteiger partial charge in [-0.1, -0.05) is 6.07 Å². The molecule has 170 valence electrons. The molecule has 9 heteroatoms. The van der Waals surface area contributed by atoms with Crippen LogP contribution in [-0.4, -0.2) is 59.0 Å². The second-order valence-electron chi connectivity index (χ2n) is 8.62. The Labute approximate surface area is 190 Å². The molecule has 3 aromatic heterocycles. The number of imidazole rings is 1. The second-order valence-corrected chi connectivity index (χ2v) is 8.62. The second kappa shape index (κ2) is 8.08. The first kappa shape index (κ1) is 20.0. The smallest absolute Gasteiger partial charge is 0.231 e. The molecule has 1 amide bonds. The van der Waals surface area contributed by atoms with Gasteiger partial charge >= 0.3 is 0 Å². The van der Waals surface area contributed by atoms with Crippen molar-refractivity contribution in [3.8, 4) is 17.3 Å². The highest BCUT2D eigenvalue weighted by Crippen LogP contribution is 2.35. The molecular weight excluding hydrogens is 422 g/mol. The predicted molar refractivity (Wildman–Crippen MR) is 122 cm³/mol. The molecule has 0 unspecified atom stereocenters. The first-order valence-electron chi connectivity index (χ1n) is 11.3. The van der Waals surface area contributed by atoms with Crippen molar-refractivity contribution in [2.45, 2.75) is 31.8 Å². The van der Waals surface area contributed by atoms with Crippen molar-refractivity contribution in [3.63, 3.8) is 0 Å². The van der Waals surface area contributed by atoms with Gasteiger partial charge in [0, 0.05) is 36.1 Å². The minimum atomic E-state index is 0.0219. The molecule has 2 atom stereocenters. The number of rotatable bonds is 5. The molecule has 1 aromatic carbocycles. The fourth-order valence-corrected chi connectivity index (χ4v) is 4.60. The number of nitrogens with one attached hydrogen (secondary N) is 1. The quantitative estimate of drug-likeness (QED) is 0.503. The van der Waals surface area contributed by atoms with Gasteiger partial charge in [0.25, 0.3) is 0 Å². The molecule has 33 heavy (non-hydrogen) atoms. The lowest BCUT2D eigenvalue weighted by molar-refractivity contribution is -0.119. The summed E-state index contributed by atoms with van der Waals surface area (Å²) in [4.78, 5) is 18.3. The molecular formula is C24H25N5O4. The van der Waals surface area contributed by atoms with Crippen molar-refractivity contribution in [2.24, 2.45) is 0 Å². The third-order valence-electron chi connectivity index (χ3n) is 6.32. The van der Waals surface area contributed by atoms with E-state index in [0.29, 0.717) is 43.0 Å². The SMILES string of the molecule is C[C@@H]1COCCN1c1cccc2oc(-c3cnc4ccc(OC[C@H]5CCC(=O)N5)nn34)cc12. The lowest BCUT2D eigenvalue weighted by atomic mass is 10.1. The highest BCUT2D eigenvalue weighted by Gasteiger charge is 2.24. The van der Waals surface area contributed by atoms with Gasteiger partial charge < -0.3 is 24.1 Å². The molecule has 0 saturated carbocycles. The predicted octanol–water partition coefficient (Wildman–Crippen LogP) is 3.03. The van der Waals surface area contributed by atoms with Crippen LogP contribution in [0, 0.1) is 0 Å². The standard InChI is InChI=1S/C24H25N5O4/c1-15-13-31-10-9-28(15)18-3-2-4-20-17(18)11-21(33-20)19-12-25-22-6-8-24(27-29(19)22)32-14-16-5-7-23(30)26-16/h2-4,6,8,11-12,15-16H,5,7,9-10,13-14H2,1H3,(H,26,30)/t15-,16-/m1/s1. The molecule has 0 spiro atoms. The van der Waals surface area contributed by atoms with Gasteiger partial charge in [-0.05, 0) is 37.6 Å².